The number of carbonyl (C=O) groups is 3. The Labute approximate surface area is 186 Å². The van der Waals surface area contributed by atoms with Gasteiger partial charge in [0.1, 0.15) is 23.8 Å². The molecule has 0 aromatic heterocycles. The van der Waals surface area contributed by atoms with Gasteiger partial charge < -0.3 is 15.7 Å². The molecule has 28 heavy (non-hydrogen) atoms. The number of benzene rings is 2. The summed E-state index contributed by atoms with van der Waals surface area (Å²) in [6, 6.07) is 8.19. The summed E-state index contributed by atoms with van der Waals surface area (Å²) in [5, 5.41) is 14.8. The second kappa shape index (κ2) is 8.43. The Bertz CT molecular complexity index is 1030. The van der Waals surface area contributed by atoms with Crippen LogP contribution in [0.25, 0.3) is 6.08 Å². The van der Waals surface area contributed by atoms with Gasteiger partial charge in [0.05, 0.1) is 9.26 Å². The summed E-state index contributed by atoms with van der Waals surface area (Å²) in [7, 11) is 0. The minimum absolute atomic E-state index is 0.0219. The molecule has 4 amide bonds. The summed E-state index contributed by atoms with van der Waals surface area (Å²) in [6.07, 6.45) is 1.34. The molecule has 7 nitrogen and oxygen atoms in total. The van der Waals surface area contributed by atoms with E-state index in [2.05, 4.69) is 33.2 Å². The first-order valence-corrected chi connectivity index (χ1v) is 9.99. The maximum absolute atomic E-state index is 13.6. The van der Waals surface area contributed by atoms with Crippen molar-refractivity contribution in [1.29, 1.82) is 0 Å². The smallest absolute Gasteiger partial charge is 0.329 e. The second-order valence-electron chi connectivity index (χ2n) is 5.73. The fraction of sp³-hybridized carbons (Fsp3) is 0.0556. The summed E-state index contributed by atoms with van der Waals surface area (Å²) >= 11 is 4.02. The molecule has 1 saturated heterocycles. The number of nitrogens with one attached hydrogen (secondary N) is 2. The number of aromatic hydroxyl groups is 1. The van der Waals surface area contributed by atoms with E-state index in [1.54, 1.807) is 18.2 Å². The van der Waals surface area contributed by atoms with E-state index in [9.17, 15) is 23.9 Å². The molecule has 0 unspecified atom stereocenters. The van der Waals surface area contributed by atoms with Crippen LogP contribution in [0.15, 0.2) is 42.1 Å². The molecule has 144 valence electrons. The molecule has 0 radical (unpaired) electrons. The number of urea groups is 1. The lowest BCUT2D eigenvalue weighted by atomic mass is 10.1. The number of anilines is 1. The van der Waals surface area contributed by atoms with Crippen LogP contribution in [0.5, 0.6) is 5.75 Å². The number of imide groups is 1. The van der Waals surface area contributed by atoms with Crippen molar-refractivity contribution < 1.29 is 23.9 Å². The highest BCUT2D eigenvalue weighted by Gasteiger charge is 2.35. The fourth-order valence-electron chi connectivity index (χ4n) is 2.46. The van der Waals surface area contributed by atoms with E-state index in [-0.39, 0.29) is 17.1 Å². The van der Waals surface area contributed by atoms with Gasteiger partial charge in [-0.15, -0.1) is 0 Å². The first-order valence-electron chi connectivity index (χ1n) is 7.83. The summed E-state index contributed by atoms with van der Waals surface area (Å²) in [5.41, 5.74) is 0.239. The minimum Gasteiger partial charge on any atom is -0.506 e. The Balaban J connectivity index is 1.77. The molecular weight excluding hydrogens is 595 g/mol. The van der Waals surface area contributed by atoms with Gasteiger partial charge >= 0.3 is 6.03 Å². The molecule has 10 heteroatoms. The van der Waals surface area contributed by atoms with Gasteiger partial charge in [0, 0.05) is 9.13 Å². The lowest BCUT2D eigenvalue weighted by Gasteiger charge is -2.12. The zero-order valence-corrected chi connectivity index (χ0v) is 18.3. The first-order chi connectivity index (χ1) is 13.3. The van der Waals surface area contributed by atoms with Crippen molar-refractivity contribution in [2.75, 3.05) is 11.9 Å². The molecule has 0 spiro atoms. The predicted octanol–water partition coefficient (Wildman–Crippen LogP) is 3.27. The van der Waals surface area contributed by atoms with Crippen molar-refractivity contribution >= 4 is 74.8 Å². The molecule has 2 aromatic rings. The van der Waals surface area contributed by atoms with E-state index in [4.69, 9.17) is 0 Å². The highest BCUT2D eigenvalue weighted by molar-refractivity contribution is 14.1. The van der Waals surface area contributed by atoms with Crippen molar-refractivity contribution in [3.05, 3.63) is 60.6 Å². The number of halogens is 3. The van der Waals surface area contributed by atoms with Crippen LogP contribution in [-0.2, 0) is 9.59 Å². The van der Waals surface area contributed by atoms with E-state index in [1.807, 2.05) is 22.6 Å². The van der Waals surface area contributed by atoms with E-state index < -0.39 is 30.2 Å². The fourth-order valence-corrected chi connectivity index (χ4v) is 4.35. The van der Waals surface area contributed by atoms with Gasteiger partial charge in [-0.1, -0.05) is 12.1 Å². The monoisotopic (exact) mass is 607 g/mol. The zero-order valence-electron chi connectivity index (χ0n) is 14.0. The third-order valence-corrected chi connectivity index (χ3v) is 5.21. The zero-order chi connectivity index (χ0) is 20.4. The molecule has 3 rings (SSSR count). The minimum atomic E-state index is -0.778. The van der Waals surface area contributed by atoms with Crippen molar-refractivity contribution in [3.63, 3.8) is 0 Å². The normalized spacial score (nSPS) is 15.1. The van der Waals surface area contributed by atoms with Crippen LogP contribution in [0.4, 0.5) is 14.9 Å². The standard InChI is InChI=1S/C18H12FI2N3O4/c19-11-3-1-2-4-13(11)22-15(25)8-24-17(27)14(23-18(24)28)6-9-5-10(20)7-12(21)16(9)26/h1-7,26H,8H2,(H,22,25)(H,23,28)/b14-6+. The van der Waals surface area contributed by atoms with Crippen LogP contribution in [0.2, 0.25) is 0 Å². The molecule has 1 fully saturated rings. The third kappa shape index (κ3) is 4.43. The average Bonchev–Trinajstić information content (AvgIpc) is 2.88. The lowest BCUT2D eigenvalue weighted by Crippen LogP contribution is -2.38. The molecule has 0 saturated carbocycles. The highest BCUT2D eigenvalue weighted by Crippen LogP contribution is 2.29. The van der Waals surface area contributed by atoms with E-state index in [1.165, 1.54) is 24.3 Å². The summed E-state index contributed by atoms with van der Waals surface area (Å²) < 4.78 is 15.0. The van der Waals surface area contributed by atoms with Crippen LogP contribution in [0, 0.1) is 13.0 Å². The molecular formula is C18H12FI2N3O4. The van der Waals surface area contributed by atoms with Crippen molar-refractivity contribution in [1.82, 2.24) is 10.2 Å². The van der Waals surface area contributed by atoms with Crippen LogP contribution < -0.4 is 10.6 Å². The number of rotatable bonds is 4. The van der Waals surface area contributed by atoms with E-state index in [0.29, 0.717) is 14.0 Å². The van der Waals surface area contributed by atoms with E-state index >= 15 is 0 Å². The maximum Gasteiger partial charge on any atom is 0.329 e. The Morgan fingerprint density at radius 3 is 2.68 bits per heavy atom. The topological polar surface area (TPSA) is 98.7 Å². The highest BCUT2D eigenvalue weighted by atomic mass is 127. The number of hydrogen-bond acceptors (Lipinski definition) is 4. The van der Waals surface area contributed by atoms with Gasteiger partial charge in [-0.3, -0.25) is 9.59 Å². The molecule has 1 aliphatic rings. The Morgan fingerprint density at radius 1 is 1.25 bits per heavy atom. The Morgan fingerprint density at radius 2 is 1.96 bits per heavy atom. The molecule has 0 bridgehead atoms. The lowest BCUT2D eigenvalue weighted by molar-refractivity contribution is -0.127. The quantitative estimate of drug-likeness (QED) is 0.283. The van der Waals surface area contributed by atoms with Gasteiger partial charge in [0.15, 0.2) is 0 Å². The predicted molar refractivity (Wildman–Crippen MR) is 117 cm³/mol. The van der Waals surface area contributed by atoms with Gasteiger partial charge in [-0.2, -0.15) is 0 Å². The van der Waals surface area contributed by atoms with Crippen molar-refractivity contribution in [2.24, 2.45) is 0 Å². The molecule has 0 aliphatic carbocycles. The SMILES string of the molecule is O=C(CN1C(=O)N/C(=C/c2cc(I)cc(I)c2O)C1=O)Nc1ccccc1F. The average molecular weight is 607 g/mol. The third-order valence-electron chi connectivity index (χ3n) is 3.77. The molecule has 0 atom stereocenters. The Kier molecular flexibility index (Phi) is 6.17. The number of amides is 4. The largest absolute Gasteiger partial charge is 0.506 e. The number of phenolic OH excluding ortho intramolecular Hbond substituents is 1. The van der Waals surface area contributed by atoms with Gasteiger partial charge in [-0.05, 0) is 75.5 Å². The van der Waals surface area contributed by atoms with Crippen LogP contribution in [0.1, 0.15) is 5.56 Å². The molecule has 2 aromatic carbocycles. The number of nitrogens with zero attached hydrogens (tertiary/aromatic N) is 1. The van der Waals surface area contributed by atoms with Crippen LogP contribution >= 0.6 is 45.2 Å². The number of carbonyl (C=O) groups excluding carboxylic acids is 3. The maximum atomic E-state index is 13.6. The summed E-state index contributed by atoms with van der Waals surface area (Å²) in [6.45, 7) is -0.577. The number of phenols is 1. The first kappa shape index (κ1) is 20.5. The summed E-state index contributed by atoms with van der Waals surface area (Å²) in [4.78, 5) is 37.4. The van der Waals surface area contributed by atoms with Gasteiger partial charge in [0.2, 0.25) is 5.91 Å². The Hall–Kier alpha value is -2.22. The number of para-hydroxylation sites is 1. The van der Waals surface area contributed by atoms with E-state index in [0.717, 1.165) is 3.57 Å². The van der Waals surface area contributed by atoms with Crippen LogP contribution in [-0.4, -0.2) is 34.4 Å². The molecule has 3 N–H and O–H groups in total. The number of hydrogen-bond donors (Lipinski definition) is 3. The molecule has 1 aliphatic heterocycles. The summed E-state index contributed by atoms with van der Waals surface area (Å²) in [5.74, 6) is -2.09. The van der Waals surface area contributed by atoms with Gasteiger partial charge in [-0.25, -0.2) is 14.1 Å². The van der Waals surface area contributed by atoms with Gasteiger partial charge in [0.25, 0.3) is 5.91 Å². The molecule has 1 heterocycles. The van der Waals surface area contributed by atoms with Crippen molar-refractivity contribution in [3.8, 4) is 5.75 Å². The van der Waals surface area contributed by atoms with Crippen LogP contribution in [0.3, 0.4) is 0 Å². The second-order valence-corrected chi connectivity index (χ2v) is 8.14. The van der Waals surface area contributed by atoms with Crippen molar-refractivity contribution in [2.45, 2.75) is 0 Å².